The fraction of sp³-hybridized carbons (Fsp3) is 0.647. The van der Waals surface area contributed by atoms with E-state index < -0.39 is 0 Å². The SMILES string of the molecule is COc1cc(C)c(C2CC(C)(C)CCC2N)cc1C. The molecule has 19 heavy (non-hydrogen) atoms. The summed E-state index contributed by atoms with van der Waals surface area (Å²) in [6, 6.07) is 4.72. The van der Waals surface area contributed by atoms with Crippen LogP contribution in [0.25, 0.3) is 0 Å². The van der Waals surface area contributed by atoms with Gasteiger partial charge in [0.2, 0.25) is 0 Å². The maximum Gasteiger partial charge on any atom is 0.122 e. The number of aryl methyl sites for hydroxylation is 2. The highest BCUT2D eigenvalue weighted by atomic mass is 16.5. The van der Waals surface area contributed by atoms with E-state index in [0.29, 0.717) is 17.4 Å². The largest absolute Gasteiger partial charge is 0.496 e. The molecule has 1 aromatic carbocycles. The van der Waals surface area contributed by atoms with E-state index in [1.165, 1.54) is 29.5 Å². The number of hydrogen-bond donors (Lipinski definition) is 1. The molecule has 0 spiro atoms. The average Bonchev–Trinajstić information content (AvgIpc) is 2.35. The van der Waals surface area contributed by atoms with Crippen molar-refractivity contribution in [1.82, 2.24) is 0 Å². The molecule has 2 rings (SSSR count). The van der Waals surface area contributed by atoms with Crippen molar-refractivity contribution in [3.8, 4) is 5.75 Å². The van der Waals surface area contributed by atoms with Crippen molar-refractivity contribution in [1.29, 1.82) is 0 Å². The van der Waals surface area contributed by atoms with E-state index in [4.69, 9.17) is 10.5 Å². The highest BCUT2D eigenvalue weighted by molar-refractivity contribution is 5.43. The van der Waals surface area contributed by atoms with E-state index in [-0.39, 0.29) is 0 Å². The monoisotopic (exact) mass is 261 g/mol. The van der Waals surface area contributed by atoms with Crippen LogP contribution in [0.15, 0.2) is 12.1 Å². The zero-order chi connectivity index (χ0) is 14.2. The molecule has 2 N–H and O–H groups in total. The number of ether oxygens (including phenoxy) is 1. The number of rotatable bonds is 2. The summed E-state index contributed by atoms with van der Waals surface area (Å²) in [6.07, 6.45) is 3.54. The predicted octanol–water partition coefficient (Wildman–Crippen LogP) is 3.93. The third-order valence-corrected chi connectivity index (χ3v) is 4.63. The molecule has 0 saturated heterocycles. The van der Waals surface area contributed by atoms with Gasteiger partial charge in [0.05, 0.1) is 7.11 Å². The van der Waals surface area contributed by atoms with Crippen LogP contribution in [0.1, 0.15) is 55.7 Å². The highest BCUT2D eigenvalue weighted by Gasteiger charge is 2.34. The molecule has 1 fully saturated rings. The molecule has 2 nitrogen and oxygen atoms in total. The number of hydrogen-bond acceptors (Lipinski definition) is 2. The number of benzene rings is 1. The van der Waals surface area contributed by atoms with Crippen LogP contribution in [-0.4, -0.2) is 13.2 Å². The van der Waals surface area contributed by atoms with Gasteiger partial charge in [-0.05, 0) is 67.2 Å². The molecule has 0 bridgehead atoms. The average molecular weight is 261 g/mol. The molecule has 2 unspecified atom stereocenters. The zero-order valence-corrected chi connectivity index (χ0v) is 12.9. The second kappa shape index (κ2) is 5.16. The van der Waals surface area contributed by atoms with Gasteiger partial charge in [0.1, 0.15) is 5.75 Å². The first kappa shape index (κ1) is 14.4. The Kier molecular flexibility index (Phi) is 3.91. The lowest BCUT2D eigenvalue weighted by molar-refractivity contribution is 0.198. The summed E-state index contributed by atoms with van der Waals surface area (Å²) in [5.41, 5.74) is 10.7. The summed E-state index contributed by atoms with van der Waals surface area (Å²) in [4.78, 5) is 0. The van der Waals surface area contributed by atoms with E-state index in [1.54, 1.807) is 7.11 Å². The third-order valence-electron chi connectivity index (χ3n) is 4.63. The lowest BCUT2D eigenvalue weighted by Gasteiger charge is -2.40. The number of nitrogens with two attached hydrogens (primary N) is 1. The topological polar surface area (TPSA) is 35.2 Å². The van der Waals surface area contributed by atoms with Crippen LogP contribution in [0, 0.1) is 19.3 Å². The van der Waals surface area contributed by atoms with Crippen molar-refractivity contribution in [2.24, 2.45) is 11.1 Å². The van der Waals surface area contributed by atoms with Gasteiger partial charge in [0.25, 0.3) is 0 Å². The Balaban J connectivity index is 2.37. The molecule has 2 atom stereocenters. The van der Waals surface area contributed by atoms with Crippen LogP contribution in [0.2, 0.25) is 0 Å². The summed E-state index contributed by atoms with van der Waals surface area (Å²) in [5, 5.41) is 0. The predicted molar refractivity (Wildman–Crippen MR) is 80.8 cm³/mol. The lowest BCUT2D eigenvalue weighted by Crippen LogP contribution is -2.38. The molecule has 0 radical (unpaired) electrons. The summed E-state index contributed by atoms with van der Waals surface area (Å²) in [5.74, 6) is 1.46. The smallest absolute Gasteiger partial charge is 0.122 e. The van der Waals surface area contributed by atoms with Crippen molar-refractivity contribution >= 4 is 0 Å². The first-order chi connectivity index (χ1) is 8.84. The second-order valence-electron chi connectivity index (χ2n) is 6.86. The van der Waals surface area contributed by atoms with Crippen LogP contribution in [-0.2, 0) is 0 Å². The minimum Gasteiger partial charge on any atom is -0.496 e. The molecule has 0 aliphatic heterocycles. The zero-order valence-electron chi connectivity index (χ0n) is 12.9. The summed E-state index contributed by atoms with van der Waals surface area (Å²) < 4.78 is 5.40. The van der Waals surface area contributed by atoms with Crippen molar-refractivity contribution in [3.05, 3.63) is 28.8 Å². The molecule has 1 saturated carbocycles. The van der Waals surface area contributed by atoms with Gasteiger partial charge in [-0.25, -0.2) is 0 Å². The van der Waals surface area contributed by atoms with Gasteiger partial charge >= 0.3 is 0 Å². The van der Waals surface area contributed by atoms with E-state index in [2.05, 4.69) is 39.8 Å². The molecule has 1 aromatic rings. The Morgan fingerprint density at radius 1 is 1.21 bits per heavy atom. The highest BCUT2D eigenvalue weighted by Crippen LogP contribution is 2.44. The fourth-order valence-electron chi connectivity index (χ4n) is 3.38. The minimum absolute atomic E-state index is 0.291. The van der Waals surface area contributed by atoms with Crippen LogP contribution in [0.5, 0.6) is 5.75 Å². The Morgan fingerprint density at radius 2 is 1.89 bits per heavy atom. The van der Waals surface area contributed by atoms with Crippen molar-refractivity contribution in [2.45, 2.75) is 58.9 Å². The van der Waals surface area contributed by atoms with E-state index in [0.717, 1.165) is 12.2 Å². The van der Waals surface area contributed by atoms with Gasteiger partial charge in [0, 0.05) is 6.04 Å². The maximum atomic E-state index is 6.39. The fourth-order valence-corrected chi connectivity index (χ4v) is 3.38. The summed E-state index contributed by atoms with van der Waals surface area (Å²) >= 11 is 0. The van der Waals surface area contributed by atoms with E-state index in [9.17, 15) is 0 Å². The van der Waals surface area contributed by atoms with Gasteiger partial charge < -0.3 is 10.5 Å². The normalized spacial score (nSPS) is 26.2. The Hall–Kier alpha value is -1.02. The van der Waals surface area contributed by atoms with E-state index in [1.807, 2.05) is 0 Å². The lowest BCUT2D eigenvalue weighted by atomic mass is 9.67. The molecule has 1 aliphatic rings. The molecule has 2 heteroatoms. The Morgan fingerprint density at radius 3 is 2.53 bits per heavy atom. The number of methoxy groups -OCH3 is 1. The summed E-state index contributed by atoms with van der Waals surface area (Å²) in [6.45, 7) is 9.00. The van der Waals surface area contributed by atoms with Crippen molar-refractivity contribution < 1.29 is 4.74 Å². The molecule has 0 heterocycles. The molecule has 0 amide bonds. The Bertz CT molecular complexity index is 465. The van der Waals surface area contributed by atoms with Gasteiger partial charge in [-0.1, -0.05) is 19.9 Å². The van der Waals surface area contributed by atoms with Crippen molar-refractivity contribution in [2.75, 3.05) is 7.11 Å². The quantitative estimate of drug-likeness (QED) is 0.875. The van der Waals surface area contributed by atoms with Crippen LogP contribution in [0.3, 0.4) is 0 Å². The minimum atomic E-state index is 0.291. The van der Waals surface area contributed by atoms with Gasteiger partial charge in [-0.2, -0.15) is 0 Å². The second-order valence-corrected chi connectivity index (χ2v) is 6.86. The molecule has 0 aromatic heterocycles. The molecule has 1 aliphatic carbocycles. The van der Waals surface area contributed by atoms with Gasteiger partial charge in [0.15, 0.2) is 0 Å². The van der Waals surface area contributed by atoms with Crippen LogP contribution < -0.4 is 10.5 Å². The molecular weight excluding hydrogens is 234 g/mol. The van der Waals surface area contributed by atoms with Crippen LogP contribution >= 0.6 is 0 Å². The molecular formula is C17H27NO. The van der Waals surface area contributed by atoms with Gasteiger partial charge in [-0.3, -0.25) is 0 Å². The Labute approximate surface area is 117 Å². The summed E-state index contributed by atoms with van der Waals surface area (Å²) in [7, 11) is 1.73. The van der Waals surface area contributed by atoms with Crippen LogP contribution in [0.4, 0.5) is 0 Å². The molecule has 106 valence electrons. The maximum absolute atomic E-state index is 6.39. The first-order valence-corrected chi connectivity index (χ1v) is 7.25. The standard InChI is InChI=1S/C17H27NO/c1-11-9-16(19-5)12(2)8-13(11)14-10-17(3,4)7-6-15(14)18/h8-9,14-15H,6-7,10,18H2,1-5H3. The van der Waals surface area contributed by atoms with Gasteiger partial charge in [-0.15, -0.1) is 0 Å². The van der Waals surface area contributed by atoms with Crippen molar-refractivity contribution in [3.63, 3.8) is 0 Å². The first-order valence-electron chi connectivity index (χ1n) is 7.25. The third kappa shape index (κ3) is 2.94. The van der Waals surface area contributed by atoms with E-state index >= 15 is 0 Å².